The van der Waals surface area contributed by atoms with Gasteiger partial charge in [0.25, 0.3) is 0 Å². The molecule has 1 aliphatic rings. The van der Waals surface area contributed by atoms with Crippen LogP contribution in [0, 0.1) is 12.3 Å². The zero-order valence-corrected chi connectivity index (χ0v) is 18.2. The molecular formula is C26H34N2O2. The molecule has 4 heteroatoms. The average Bonchev–Trinajstić information content (AvgIpc) is 2.80. The van der Waals surface area contributed by atoms with Crippen molar-refractivity contribution in [3.8, 4) is 12.3 Å². The number of aliphatic hydroxyl groups excluding tert-OH is 1. The van der Waals surface area contributed by atoms with Crippen LogP contribution in [0.15, 0.2) is 60.7 Å². The van der Waals surface area contributed by atoms with Gasteiger partial charge in [-0.1, -0.05) is 73.5 Å². The Hall–Kier alpha value is -2.16. The molecule has 0 amide bonds. The highest BCUT2D eigenvalue weighted by atomic mass is 16.5. The standard InChI is InChI=1S/C26H34N2O2/c1-4-26(3,5-2)30-21-24(29)20-27-16-18-28(19-17-27)25(22-12-8-6-9-13-22)23-14-10-7-11-15-23/h1,6-15,24-25,29H,5,16-21H2,2-3H3/t24-,26+/m0/s1. The number of terminal acetylenes is 1. The van der Waals surface area contributed by atoms with Crippen LogP contribution in [0.3, 0.4) is 0 Å². The molecule has 0 radical (unpaired) electrons. The predicted octanol–water partition coefficient (Wildman–Crippen LogP) is 3.57. The van der Waals surface area contributed by atoms with Crippen LogP contribution in [0.5, 0.6) is 0 Å². The third-order valence-corrected chi connectivity index (χ3v) is 6.05. The normalized spacial score (nSPS) is 18.6. The van der Waals surface area contributed by atoms with Gasteiger partial charge in [0.15, 0.2) is 0 Å². The number of rotatable bonds is 9. The Morgan fingerprint density at radius 1 is 1.00 bits per heavy atom. The molecule has 1 N–H and O–H groups in total. The summed E-state index contributed by atoms with van der Waals surface area (Å²) in [6.07, 6.45) is 5.75. The van der Waals surface area contributed by atoms with Crippen LogP contribution < -0.4 is 0 Å². The highest BCUT2D eigenvalue weighted by Crippen LogP contribution is 2.29. The van der Waals surface area contributed by atoms with E-state index in [-0.39, 0.29) is 12.6 Å². The Morgan fingerprint density at radius 2 is 1.53 bits per heavy atom. The number of hydrogen-bond acceptors (Lipinski definition) is 4. The fraction of sp³-hybridized carbons (Fsp3) is 0.462. The number of nitrogens with zero attached hydrogens (tertiary/aromatic N) is 2. The van der Waals surface area contributed by atoms with Gasteiger partial charge in [0, 0.05) is 32.7 Å². The van der Waals surface area contributed by atoms with E-state index in [2.05, 4.69) is 76.4 Å². The van der Waals surface area contributed by atoms with Crippen LogP contribution in [0.1, 0.15) is 37.4 Å². The van der Waals surface area contributed by atoms with Crippen molar-refractivity contribution >= 4 is 0 Å². The van der Waals surface area contributed by atoms with E-state index < -0.39 is 11.7 Å². The smallest absolute Gasteiger partial charge is 0.125 e. The molecule has 2 aromatic carbocycles. The summed E-state index contributed by atoms with van der Waals surface area (Å²) in [5, 5.41) is 10.4. The fourth-order valence-electron chi connectivity index (χ4n) is 3.97. The predicted molar refractivity (Wildman–Crippen MR) is 122 cm³/mol. The van der Waals surface area contributed by atoms with Crippen LogP contribution in [0.2, 0.25) is 0 Å². The van der Waals surface area contributed by atoms with Crippen molar-refractivity contribution in [1.29, 1.82) is 0 Å². The SMILES string of the molecule is C#C[C@](C)(CC)OC[C@@H](O)CN1CCN(C(c2ccccc2)c2ccccc2)CC1. The molecule has 1 aliphatic heterocycles. The molecule has 0 saturated carbocycles. The first-order valence-corrected chi connectivity index (χ1v) is 10.9. The monoisotopic (exact) mass is 406 g/mol. The van der Waals surface area contributed by atoms with E-state index in [1.54, 1.807) is 0 Å². The highest BCUT2D eigenvalue weighted by molar-refractivity contribution is 5.31. The van der Waals surface area contributed by atoms with Crippen molar-refractivity contribution in [2.45, 2.75) is 38.0 Å². The lowest BCUT2D eigenvalue weighted by atomic mass is 9.96. The molecule has 2 aromatic rings. The maximum atomic E-state index is 10.4. The van der Waals surface area contributed by atoms with Crippen molar-refractivity contribution in [3.63, 3.8) is 0 Å². The van der Waals surface area contributed by atoms with Gasteiger partial charge in [0.05, 0.1) is 18.8 Å². The van der Waals surface area contributed by atoms with Crippen LogP contribution in [-0.2, 0) is 4.74 Å². The molecular weight excluding hydrogens is 372 g/mol. The van der Waals surface area contributed by atoms with E-state index in [1.807, 2.05) is 13.8 Å². The second-order valence-corrected chi connectivity index (χ2v) is 8.25. The molecule has 0 unspecified atom stereocenters. The number of β-amino-alcohol motifs (C(OH)–C–C–N with tert-alkyl or cyclic N) is 1. The summed E-state index contributed by atoms with van der Waals surface area (Å²) in [6, 6.07) is 21.7. The minimum absolute atomic E-state index is 0.253. The summed E-state index contributed by atoms with van der Waals surface area (Å²) >= 11 is 0. The molecule has 0 aromatic heterocycles. The van der Waals surface area contributed by atoms with Gasteiger partial charge in [-0.3, -0.25) is 9.80 Å². The molecule has 1 heterocycles. The van der Waals surface area contributed by atoms with Gasteiger partial charge in [0.1, 0.15) is 5.60 Å². The Labute approximate surface area is 181 Å². The van der Waals surface area contributed by atoms with Crippen molar-refractivity contribution in [2.24, 2.45) is 0 Å². The molecule has 1 fully saturated rings. The first-order chi connectivity index (χ1) is 14.5. The second kappa shape index (κ2) is 10.7. The van der Waals surface area contributed by atoms with Crippen LogP contribution in [-0.4, -0.2) is 65.9 Å². The summed E-state index contributed by atoms with van der Waals surface area (Å²) in [5.74, 6) is 2.68. The van der Waals surface area contributed by atoms with Gasteiger partial charge in [0.2, 0.25) is 0 Å². The summed E-state index contributed by atoms with van der Waals surface area (Å²) in [5.41, 5.74) is 2.04. The maximum Gasteiger partial charge on any atom is 0.125 e. The molecule has 3 rings (SSSR count). The largest absolute Gasteiger partial charge is 0.389 e. The zero-order chi connectivity index (χ0) is 21.4. The van der Waals surface area contributed by atoms with Crippen molar-refractivity contribution in [1.82, 2.24) is 9.80 Å². The molecule has 1 saturated heterocycles. The van der Waals surface area contributed by atoms with E-state index in [0.29, 0.717) is 6.54 Å². The number of aliphatic hydroxyl groups is 1. The van der Waals surface area contributed by atoms with Gasteiger partial charge < -0.3 is 9.84 Å². The minimum Gasteiger partial charge on any atom is -0.389 e. The van der Waals surface area contributed by atoms with Gasteiger partial charge in [-0.2, -0.15) is 0 Å². The van der Waals surface area contributed by atoms with E-state index >= 15 is 0 Å². The Bertz CT molecular complexity index is 757. The maximum absolute atomic E-state index is 10.4. The molecule has 0 bridgehead atoms. The molecule has 160 valence electrons. The van der Waals surface area contributed by atoms with Crippen molar-refractivity contribution in [3.05, 3.63) is 71.8 Å². The Kier molecular flexibility index (Phi) is 8.07. The van der Waals surface area contributed by atoms with Gasteiger partial charge >= 0.3 is 0 Å². The highest BCUT2D eigenvalue weighted by Gasteiger charge is 2.27. The Morgan fingerprint density at radius 3 is 2.00 bits per heavy atom. The molecule has 30 heavy (non-hydrogen) atoms. The van der Waals surface area contributed by atoms with Gasteiger partial charge in [-0.05, 0) is 24.5 Å². The molecule has 4 nitrogen and oxygen atoms in total. The number of piperazine rings is 1. The third-order valence-electron chi connectivity index (χ3n) is 6.05. The molecule has 0 spiro atoms. The summed E-state index contributed by atoms with van der Waals surface area (Å²) in [6.45, 7) is 8.54. The topological polar surface area (TPSA) is 35.9 Å². The lowest BCUT2D eigenvalue weighted by molar-refractivity contribution is -0.0506. The number of ether oxygens (including phenoxy) is 1. The van der Waals surface area contributed by atoms with E-state index in [1.165, 1.54) is 11.1 Å². The minimum atomic E-state index is -0.599. The van der Waals surface area contributed by atoms with Crippen molar-refractivity contribution in [2.75, 3.05) is 39.3 Å². The molecule has 2 atom stereocenters. The first kappa shape index (κ1) is 22.5. The zero-order valence-electron chi connectivity index (χ0n) is 18.2. The summed E-state index contributed by atoms with van der Waals surface area (Å²) in [4.78, 5) is 4.85. The summed E-state index contributed by atoms with van der Waals surface area (Å²) in [7, 11) is 0. The van der Waals surface area contributed by atoms with Crippen LogP contribution in [0.25, 0.3) is 0 Å². The fourth-order valence-corrected chi connectivity index (χ4v) is 3.97. The third kappa shape index (κ3) is 5.93. The molecule has 0 aliphatic carbocycles. The lowest BCUT2D eigenvalue weighted by Crippen LogP contribution is -2.50. The van der Waals surface area contributed by atoms with Crippen LogP contribution >= 0.6 is 0 Å². The summed E-state index contributed by atoms with van der Waals surface area (Å²) < 4.78 is 5.78. The quantitative estimate of drug-likeness (QED) is 0.646. The van der Waals surface area contributed by atoms with Crippen molar-refractivity contribution < 1.29 is 9.84 Å². The number of hydrogen-bond donors (Lipinski definition) is 1. The number of benzene rings is 2. The van der Waals surface area contributed by atoms with E-state index in [4.69, 9.17) is 11.2 Å². The lowest BCUT2D eigenvalue weighted by Gasteiger charge is -2.40. The van der Waals surface area contributed by atoms with E-state index in [0.717, 1.165) is 32.6 Å². The van der Waals surface area contributed by atoms with Gasteiger partial charge in [-0.15, -0.1) is 6.42 Å². The second-order valence-electron chi connectivity index (χ2n) is 8.25. The Balaban J connectivity index is 1.57. The van der Waals surface area contributed by atoms with E-state index in [9.17, 15) is 5.11 Å². The van der Waals surface area contributed by atoms with Crippen LogP contribution in [0.4, 0.5) is 0 Å². The first-order valence-electron chi connectivity index (χ1n) is 10.9. The van der Waals surface area contributed by atoms with Gasteiger partial charge in [-0.25, -0.2) is 0 Å². The average molecular weight is 407 g/mol.